The minimum Gasteiger partial charge on any atom is -0.496 e. The van der Waals surface area contributed by atoms with Gasteiger partial charge in [-0.25, -0.2) is 9.37 Å². The molecule has 2 aromatic carbocycles. The number of halogens is 1. The number of thioether (sulfide) groups is 1. The van der Waals surface area contributed by atoms with E-state index < -0.39 is 5.82 Å². The molecule has 0 unspecified atom stereocenters. The van der Waals surface area contributed by atoms with Gasteiger partial charge in [0.15, 0.2) is 10.7 Å². The number of ether oxygens (including phenoxy) is 1. The van der Waals surface area contributed by atoms with Crippen molar-refractivity contribution in [3.63, 3.8) is 0 Å². The van der Waals surface area contributed by atoms with Crippen molar-refractivity contribution in [2.75, 3.05) is 18.2 Å². The number of fused-ring (bicyclic) bond motifs is 1. The molecule has 0 radical (unpaired) electrons. The van der Waals surface area contributed by atoms with E-state index in [2.05, 4.69) is 10.4 Å². The molecule has 2 aromatic heterocycles. The van der Waals surface area contributed by atoms with Crippen molar-refractivity contribution in [1.82, 2.24) is 19.3 Å². The van der Waals surface area contributed by atoms with E-state index in [1.807, 2.05) is 31.2 Å². The van der Waals surface area contributed by atoms with E-state index in [1.54, 1.807) is 24.8 Å². The monoisotopic (exact) mass is 481 g/mol. The first kappa shape index (κ1) is 23.5. The molecular formula is C24H24FN5O3S. The highest BCUT2D eigenvalue weighted by molar-refractivity contribution is 7.99. The van der Waals surface area contributed by atoms with Crippen LogP contribution >= 0.6 is 11.8 Å². The highest BCUT2D eigenvalue weighted by atomic mass is 32.2. The summed E-state index contributed by atoms with van der Waals surface area (Å²) in [4.78, 5) is 30.8. The second-order valence-corrected chi connectivity index (χ2v) is 8.49. The van der Waals surface area contributed by atoms with Crippen LogP contribution < -0.4 is 15.6 Å². The molecule has 10 heteroatoms. The van der Waals surface area contributed by atoms with Crippen LogP contribution in [0.2, 0.25) is 0 Å². The molecule has 34 heavy (non-hydrogen) atoms. The van der Waals surface area contributed by atoms with Crippen LogP contribution in [0.4, 0.5) is 10.1 Å². The van der Waals surface area contributed by atoms with Crippen LogP contribution in [0.1, 0.15) is 18.2 Å². The zero-order chi connectivity index (χ0) is 24.2. The lowest BCUT2D eigenvalue weighted by Gasteiger charge is -2.14. The van der Waals surface area contributed by atoms with Crippen LogP contribution in [0, 0.1) is 12.7 Å². The molecule has 1 N–H and O–H groups in total. The maximum absolute atomic E-state index is 13.6. The zero-order valence-electron chi connectivity index (χ0n) is 19.0. The molecule has 8 nitrogen and oxygen atoms in total. The topological polar surface area (TPSA) is 91.0 Å². The Morgan fingerprint density at radius 2 is 2.00 bits per heavy atom. The number of nitrogens with zero attached hydrogens (tertiary/aromatic N) is 4. The molecule has 176 valence electrons. The average molecular weight is 482 g/mol. The van der Waals surface area contributed by atoms with Gasteiger partial charge in [-0.2, -0.15) is 5.10 Å². The summed E-state index contributed by atoms with van der Waals surface area (Å²) < 4.78 is 22.1. The predicted molar refractivity (Wildman–Crippen MR) is 130 cm³/mol. The van der Waals surface area contributed by atoms with Crippen LogP contribution in [0.5, 0.6) is 5.75 Å². The Labute approximate surface area is 199 Å². The highest BCUT2D eigenvalue weighted by Gasteiger charge is 2.20. The molecule has 0 spiro atoms. The van der Waals surface area contributed by atoms with E-state index >= 15 is 0 Å². The predicted octanol–water partition coefficient (Wildman–Crippen LogP) is 3.85. The third-order valence-corrected chi connectivity index (χ3v) is 6.22. The van der Waals surface area contributed by atoms with Gasteiger partial charge < -0.3 is 10.1 Å². The lowest BCUT2D eigenvalue weighted by molar-refractivity contribution is -0.113. The van der Waals surface area contributed by atoms with Crippen molar-refractivity contribution in [3.05, 3.63) is 76.0 Å². The molecule has 0 aliphatic carbocycles. The van der Waals surface area contributed by atoms with Crippen molar-refractivity contribution >= 4 is 34.4 Å². The number of benzene rings is 2. The quantitative estimate of drug-likeness (QED) is 0.304. The second kappa shape index (κ2) is 10.1. The van der Waals surface area contributed by atoms with Gasteiger partial charge in [-0.1, -0.05) is 36.0 Å². The standard InChI is InChI=1S/C24H24FN5O3S/c1-4-30-22-21(15(2)28-30)27-24(34-14-20(31)26-18-10-7-9-17(25)12-18)29(23(22)32)13-16-8-5-6-11-19(16)33-3/h5-12H,4,13-14H2,1-3H3,(H,26,31). The van der Waals surface area contributed by atoms with Gasteiger partial charge in [-0.05, 0) is 38.1 Å². The number of methoxy groups -OCH3 is 1. The Hall–Kier alpha value is -3.66. The summed E-state index contributed by atoms with van der Waals surface area (Å²) in [6.07, 6.45) is 0. The van der Waals surface area contributed by atoms with Gasteiger partial charge in [0.05, 0.1) is 25.1 Å². The minimum absolute atomic E-state index is 0.0126. The molecule has 0 aliphatic heterocycles. The summed E-state index contributed by atoms with van der Waals surface area (Å²) in [6.45, 7) is 4.46. The van der Waals surface area contributed by atoms with Crippen molar-refractivity contribution in [3.8, 4) is 5.75 Å². The van der Waals surface area contributed by atoms with Gasteiger partial charge in [-0.15, -0.1) is 0 Å². The first-order valence-electron chi connectivity index (χ1n) is 10.7. The Morgan fingerprint density at radius 1 is 1.21 bits per heavy atom. The average Bonchev–Trinajstić information content (AvgIpc) is 3.15. The Kier molecular flexibility index (Phi) is 6.97. The maximum Gasteiger partial charge on any atom is 0.280 e. The van der Waals surface area contributed by atoms with Crippen molar-refractivity contribution in [1.29, 1.82) is 0 Å². The number of rotatable bonds is 8. The number of hydrogen-bond acceptors (Lipinski definition) is 6. The van der Waals surface area contributed by atoms with Gasteiger partial charge in [0, 0.05) is 17.8 Å². The molecule has 0 atom stereocenters. The highest BCUT2D eigenvalue weighted by Crippen LogP contribution is 2.24. The number of aromatic nitrogens is 4. The van der Waals surface area contributed by atoms with Crippen LogP contribution in [0.15, 0.2) is 58.5 Å². The fourth-order valence-electron chi connectivity index (χ4n) is 3.66. The van der Waals surface area contributed by atoms with Gasteiger partial charge in [0.2, 0.25) is 5.91 Å². The van der Waals surface area contributed by atoms with Crippen LogP contribution in [-0.2, 0) is 17.9 Å². The number of carbonyl (C=O) groups excluding carboxylic acids is 1. The fraction of sp³-hybridized carbons (Fsp3) is 0.250. The van der Waals surface area contributed by atoms with E-state index in [4.69, 9.17) is 9.72 Å². The lowest BCUT2D eigenvalue weighted by Crippen LogP contribution is -2.26. The Morgan fingerprint density at radius 3 is 2.74 bits per heavy atom. The summed E-state index contributed by atoms with van der Waals surface area (Å²) >= 11 is 1.13. The summed E-state index contributed by atoms with van der Waals surface area (Å²) in [5, 5.41) is 7.49. The third kappa shape index (κ3) is 4.81. The zero-order valence-corrected chi connectivity index (χ0v) is 19.9. The number of anilines is 1. The summed E-state index contributed by atoms with van der Waals surface area (Å²) in [7, 11) is 1.57. The molecule has 0 saturated heterocycles. The van der Waals surface area contributed by atoms with Crippen LogP contribution in [0.3, 0.4) is 0 Å². The maximum atomic E-state index is 13.6. The number of aryl methyl sites for hydroxylation is 2. The number of amides is 1. The minimum atomic E-state index is -0.438. The van der Waals surface area contributed by atoms with Crippen molar-refractivity contribution in [2.45, 2.75) is 32.1 Å². The molecule has 0 saturated carbocycles. The van der Waals surface area contributed by atoms with Gasteiger partial charge in [-0.3, -0.25) is 18.8 Å². The Balaban J connectivity index is 1.70. The smallest absolute Gasteiger partial charge is 0.280 e. The third-order valence-electron chi connectivity index (χ3n) is 5.24. The lowest BCUT2D eigenvalue weighted by atomic mass is 10.2. The molecule has 4 aromatic rings. The molecule has 0 aliphatic rings. The summed E-state index contributed by atoms with van der Waals surface area (Å²) in [5.74, 6) is -0.141. The van der Waals surface area contributed by atoms with E-state index in [0.29, 0.717) is 39.9 Å². The van der Waals surface area contributed by atoms with E-state index in [0.717, 1.165) is 17.3 Å². The summed E-state index contributed by atoms with van der Waals surface area (Å²) in [5.41, 5.74) is 2.49. The second-order valence-electron chi connectivity index (χ2n) is 7.54. The molecule has 2 heterocycles. The van der Waals surface area contributed by atoms with E-state index in [9.17, 15) is 14.0 Å². The van der Waals surface area contributed by atoms with E-state index in [-0.39, 0.29) is 23.8 Å². The summed E-state index contributed by atoms with van der Waals surface area (Å²) in [6, 6.07) is 13.1. The van der Waals surface area contributed by atoms with Crippen LogP contribution in [-0.4, -0.2) is 38.1 Å². The van der Waals surface area contributed by atoms with Crippen LogP contribution in [0.25, 0.3) is 11.0 Å². The van der Waals surface area contributed by atoms with Crippen molar-refractivity contribution in [2.24, 2.45) is 0 Å². The van der Waals surface area contributed by atoms with E-state index in [1.165, 1.54) is 22.8 Å². The number of para-hydroxylation sites is 1. The molecule has 1 amide bonds. The van der Waals surface area contributed by atoms with Crippen molar-refractivity contribution < 1.29 is 13.9 Å². The molecule has 4 rings (SSSR count). The molecule has 0 fully saturated rings. The first-order valence-corrected chi connectivity index (χ1v) is 11.7. The largest absolute Gasteiger partial charge is 0.496 e. The fourth-order valence-corrected chi connectivity index (χ4v) is 4.46. The number of nitrogens with one attached hydrogen (secondary N) is 1. The normalized spacial score (nSPS) is 11.1. The Bertz CT molecular complexity index is 1420. The number of hydrogen-bond donors (Lipinski definition) is 1. The molecular weight excluding hydrogens is 457 g/mol. The molecule has 0 bridgehead atoms. The van der Waals surface area contributed by atoms with Gasteiger partial charge in [0.25, 0.3) is 5.56 Å². The first-order chi connectivity index (χ1) is 16.4. The SMILES string of the molecule is CCn1nc(C)c2nc(SCC(=O)Nc3cccc(F)c3)n(Cc3ccccc3OC)c(=O)c21. The van der Waals surface area contributed by atoms with Gasteiger partial charge >= 0.3 is 0 Å². The number of carbonyl (C=O) groups is 1. The van der Waals surface area contributed by atoms with Gasteiger partial charge in [0.1, 0.15) is 17.1 Å².